The van der Waals surface area contributed by atoms with Crippen LogP contribution in [0.3, 0.4) is 0 Å². The second-order valence-electron chi connectivity index (χ2n) is 12.3. The van der Waals surface area contributed by atoms with E-state index in [0.717, 1.165) is 66.5 Å². The van der Waals surface area contributed by atoms with Gasteiger partial charge in [-0.25, -0.2) is 0 Å². The number of nitriles is 3. The average molecular weight is 636 g/mol. The molecule has 0 aliphatic heterocycles. The van der Waals surface area contributed by atoms with Crippen LogP contribution < -0.4 is 0 Å². The topological polar surface area (TPSA) is 81.2 Å². The number of nitrogens with zero attached hydrogens (tertiary/aromatic N) is 5. The average Bonchev–Trinajstić information content (AvgIpc) is 3.69. The molecule has 5 heteroatoms. The van der Waals surface area contributed by atoms with E-state index in [-0.39, 0.29) is 0 Å². The van der Waals surface area contributed by atoms with Crippen LogP contribution in [0.15, 0.2) is 152 Å². The summed E-state index contributed by atoms with van der Waals surface area (Å²) in [6.07, 6.45) is 0. The maximum atomic E-state index is 10.6. The van der Waals surface area contributed by atoms with Crippen molar-refractivity contribution in [1.29, 1.82) is 15.8 Å². The van der Waals surface area contributed by atoms with Gasteiger partial charge in [-0.05, 0) is 71.8 Å². The first kappa shape index (κ1) is 28.8. The molecule has 9 aromatic rings. The molecule has 7 aromatic carbocycles. The molecule has 0 aliphatic carbocycles. The molecular weight excluding hydrogens is 611 g/mol. The van der Waals surface area contributed by atoms with E-state index in [1.807, 2.05) is 84.9 Å². The van der Waals surface area contributed by atoms with E-state index in [1.165, 1.54) is 10.8 Å². The minimum atomic E-state index is 0.476. The Morgan fingerprint density at radius 2 is 0.940 bits per heavy atom. The Hall–Kier alpha value is -7.39. The van der Waals surface area contributed by atoms with Gasteiger partial charge in [0.25, 0.3) is 0 Å². The molecule has 230 valence electrons. The molecule has 0 fully saturated rings. The molecule has 50 heavy (non-hydrogen) atoms. The standard InChI is InChI=1S/C45H25N5/c46-26-29-20-22-44-38(24-29)36-14-4-8-19-43(36)49(44)39-23-21-30(25-32(39)28-48)45-31(27-47)10-9-15-37(45)35-13-3-7-18-42(35)50-40-16-5-1-11-33(40)34-12-2-6-17-41(34)50/h1-25H. The van der Waals surface area contributed by atoms with Crippen molar-refractivity contribution in [2.24, 2.45) is 0 Å². The third kappa shape index (κ3) is 4.24. The fourth-order valence-electron chi connectivity index (χ4n) is 7.54. The van der Waals surface area contributed by atoms with Crippen LogP contribution in [0.1, 0.15) is 16.7 Å². The van der Waals surface area contributed by atoms with Gasteiger partial charge in [-0.15, -0.1) is 0 Å². The van der Waals surface area contributed by atoms with Crippen molar-refractivity contribution in [3.8, 4) is 51.8 Å². The van der Waals surface area contributed by atoms with Gasteiger partial charge in [0.15, 0.2) is 0 Å². The highest BCUT2D eigenvalue weighted by molar-refractivity contribution is 6.11. The third-order valence-corrected chi connectivity index (χ3v) is 9.65. The summed E-state index contributed by atoms with van der Waals surface area (Å²) in [6.45, 7) is 0. The third-order valence-electron chi connectivity index (χ3n) is 9.65. The van der Waals surface area contributed by atoms with Crippen LogP contribution in [0.25, 0.3) is 77.2 Å². The Balaban J connectivity index is 1.28. The van der Waals surface area contributed by atoms with Gasteiger partial charge in [-0.2, -0.15) is 15.8 Å². The van der Waals surface area contributed by atoms with E-state index >= 15 is 0 Å². The lowest BCUT2D eigenvalue weighted by Gasteiger charge is -2.18. The zero-order valence-electron chi connectivity index (χ0n) is 26.7. The molecule has 5 nitrogen and oxygen atoms in total. The summed E-state index contributed by atoms with van der Waals surface area (Å²) in [7, 11) is 0. The summed E-state index contributed by atoms with van der Waals surface area (Å²) < 4.78 is 4.38. The van der Waals surface area contributed by atoms with Crippen molar-refractivity contribution in [3.63, 3.8) is 0 Å². The largest absolute Gasteiger partial charge is 0.309 e. The van der Waals surface area contributed by atoms with Crippen LogP contribution >= 0.6 is 0 Å². The minimum Gasteiger partial charge on any atom is -0.309 e. The molecule has 0 saturated carbocycles. The first-order chi connectivity index (χ1) is 24.7. The zero-order chi connectivity index (χ0) is 33.8. The van der Waals surface area contributed by atoms with Crippen molar-refractivity contribution < 1.29 is 0 Å². The van der Waals surface area contributed by atoms with Crippen LogP contribution in [-0.2, 0) is 0 Å². The molecule has 0 aliphatic rings. The normalized spacial score (nSPS) is 11.1. The van der Waals surface area contributed by atoms with Crippen LogP contribution in [-0.4, -0.2) is 9.13 Å². The molecule has 0 atom stereocenters. The SMILES string of the molecule is N#Cc1ccc2c(c1)c1ccccc1n2-c1ccc(-c2c(C#N)cccc2-c2ccccc2-n2c3ccccc3c3ccccc32)cc1C#N. The highest BCUT2D eigenvalue weighted by Crippen LogP contribution is 2.42. The Morgan fingerprint density at radius 1 is 0.380 bits per heavy atom. The van der Waals surface area contributed by atoms with Crippen molar-refractivity contribution in [3.05, 3.63) is 168 Å². The van der Waals surface area contributed by atoms with E-state index in [0.29, 0.717) is 16.7 Å². The monoisotopic (exact) mass is 635 g/mol. The lowest BCUT2D eigenvalue weighted by Crippen LogP contribution is -2.00. The van der Waals surface area contributed by atoms with Crippen LogP contribution in [0.4, 0.5) is 0 Å². The molecular formula is C45H25N5. The quantitative estimate of drug-likeness (QED) is 0.193. The van der Waals surface area contributed by atoms with Crippen molar-refractivity contribution >= 4 is 43.6 Å². The molecule has 0 radical (unpaired) electrons. The van der Waals surface area contributed by atoms with Crippen molar-refractivity contribution in [1.82, 2.24) is 9.13 Å². The predicted molar refractivity (Wildman–Crippen MR) is 200 cm³/mol. The van der Waals surface area contributed by atoms with Crippen LogP contribution in [0.5, 0.6) is 0 Å². The molecule has 2 aromatic heterocycles. The van der Waals surface area contributed by atoms with Gasteiger partial charge in [-0.1, -0.05) is 91.0 Å². The lowest BCUT2D eigenvalue weighted by molar-refractivity contribution is 1.17. The van der Waals surface area contributed by atoms with E-state index in [4.69, 9.17) is 0 Å². The fraction of sp³-hybridized carbons (Fsp3) is 0. The van der Waals surface area contributed by atoms with Crippen LogP contribution in [0.2, 0.25) is 0 Å². The van der Waals surface area contributed by atoms with Gasteiger partial charge in [0.05, 0.1) is 62.3 Å². The Kier molecular flexibility index (Phi) is 6.56. The fourth-order valence-corrected chi connectivity index (χ4v) is 7.54. The summed E-state index contributed by atoms with van der Waals surface area (Å²) >= 11 is 0. The van der Waals surface area contributed by atoms with E-state index in [9.17, 15) is 15.8 Å². The summed E-state index contributed by atoms with van der Waals surface area (Å²) in [6, 6.07) is 57.7. The van der Waals surface area contributed by atoms with Gasteiger partial charge in [0.2, 0.25) is 0 Å². The van der Waals surface area contributed by atoms with Gasteiger partial charge < -0.3 is 9.13 Å². The second-order valence-corrected chi connectivity index (χ2v) is 12.3. The van der Waals surface area contributed by atoms with Gasteiger partial charge in [-0.3, -0.25) is 0 Å². The summed E-state index contributed by atoms with van der Waals surface area (Å²) in [4.78, 5) is 0. The Morgan fingerprint density at radius 3 is 1.60 bits per heavy atom. The highest BCUT2D eigenvalue weighted by atomic mass is 15.0. The lowest BCUT2D eigenvalue weighted by atomic mass is 9.89. The summed E-state index contributed by atoms with van der Waals surface area (Å²) in [5, 5.41) is 35.0. The molecule has 0 spiro atoms. The van der Waals surface area contributed by atoms with E-state index in [1.54, 1.807) is 0 Å². The highest BCUT2D eigenvalue weighted by Gasteiger charge is 2.21. The van der Waals surface area contributed by atoms with Gasteiger partial charge in [0, 0.05) is 32.7 Å². The molecule has 0 bridgehead atoms. The number of aromatic nitrogens is 2. The number of hydrogen-bond acceptors (Lipinski definition) is 3. The van der Waals surface area contributed by atoms with Crippen LogP contribution in [0, 0.1) is 34.0 Å². The maximum Gasteiger partial charge on any atom is 0.101 e. The molecule has 0 N–H and O–H groups in total. The van der Waals surface area contributed by atoms with Crippen molar-refractivity contribution in [2.45, 2.75) is 0 Å². The van der Waals surface area contributed by atoms with E-state index < -0.39 is 0 Å². The van der Waals surface area contributed by atoms with Gasteiger partial charge >= 0.3 is 0 Å². The molecule has 0 saturated heterocycles. The number of benzene rings is 7. The maximum absolute atomic E-state index is 10.6. The van der Waals surface area contributed by atoms with Crippen molar-refractivity contribution in [2.75, 3.05) is 0 Å². The zero-order valence-corrected chi connectivity index (χ0v) is 26.7. The molecule has 9 rings (SSSR count). The summed E-state index contributed by atoms with van der Waals surface area (Å²) in [5.41, 5.74) is 10.8. The minimum absolute atomic E-state index is 0.476. The Bertz CT molecular complexity index is 2920. The smallest absolute Gasteiger partial charge is 0.101 e. The van der Waals surface area contributed by atoms with E-state index in [2.05, 4.69) is 94.1 Å². The Labute approximate surface area is 287 Å². The predicted octanol–water partition coefficient (Wildman–Crippen LogP) is 10.8. The molecule has 0 unspecified atom stereocenters. The molecule has 0 amide bonds. The molecule has 2 heterocycles. The first-order valence-electron chi connectivity index (χ1n) is 16.3. The number of hydrogen-bond donors (Lipinski definition) is 0. The first-order valence-corrected chi connectivity index (χ1v) is 16.3. The van der Waals surface area contributed by atoms with Gasteiger partial charge in [0.1, 0.15) is 6.07 Å². The summed E-state index contributed by atoms with van der Waals surface area (Å²) in [5.74, 6) is 0. The second kappa shape index (κ2) is 11.4. The number of para-hydroxylation sites is 4. The number of rotatable bonds is 4. The number of fused-ring (bicyclic) bond motifs is 6.